The number of halogens is 2. The van der Waals surface area contributed by atoms with Crippen molar-refractivity contribution in [3.05, 3.63) is 56.4 Å². The number of aromatic nitrogens is 2. The van der Waals surface area contributed by atoms with Gasteiger partial charge in [-0.25, -0.2) is 4.68 Å². The van der Waals surface area contributed by atoms with Gasteiger partial charge in [0.2, 0.25) is 0 Å². The number of hydrogen-bond acceptors (Lipinski definition) is 3. The average molecular weight is 355 g/mol. The zero-order chi connectivity index (χ0) is 16.7. The van der Waals surface area contributed by atoms with Crippen LogP contribution in [0.2, 0.25) is 10.0 Å². The minimum Gasteiger partial charge on any atom is -0.485 e. The Labute approximate surface area is 146 Å². The summed E-state index contributed by atoms with van der Waals surface area (Å²) in [5.41, 5.74) is 0.631. The van der Waals surface area contributed by atoms with Crippen LogP contribution in [0.25, 0.3) is 0 Å². The smallest absolute Gasteiger partial charge is 0.289 e. The van der Waals surface area contributed by atoms with Gasteiger partial charge >= 0.3 is 0 Å². The van der Waals surface area contributed by atoms with Gasteiger partial charge in [-0.3, -0.25) is 4.79 Å². The van der Waals surface area contributed by atoms with Gasteiger partial charge in [-0.15, -0.1) is 0 Å². The molecule has 6 heteroatoms. The SMILES string of the molecule is CCCCCCn1ncc(OCc2ccc(Cl)cc2)c(Cl)c1=O. The molecule has 1 aromatic carbocycles. The van der Waals surface area contributed by atoms with E-state index in [4.69, 9.17) is 27.9 Å². The van der Waals surface area contributed by atoms with Gasteiger partial charge in [0.05, 0.1) is 6.20 Å². The maximum atomic E-state index is 12.2. The molecule has 0 atom stereocenters. The summed E-state index contributed by atoms with van der Waals surface area (Å²) in [6, 6.07) is 7.29. The first kappa shape index (κ1) is 17.8. The van der Waals surface area contributed by atoms with Crippen molar-refractivity contribution in [2.45, 2.75) is 45.8 Å². The number of aryl methyl sites for hydroxylation is 1. The maximum absolute atomic E-state index is 12.2. The molecular formula is C17H20Cl2N2O2. The van der Waals surface area contributed by atoms with Crippen LogP contribution in [0.3, 0.4) is 0 Å². The van der Waals surface area contributed by atoms with E-state index in [1.165, 1.54) is 10.9 Å². The Morgan fingerprint density at radius 1 is 1.13 bits per heavy atom. The van der Waals surface area contributed by atoms with Gasteiger partial charge in [-0.1, -0.05) is 61.5 Å². The summed E-state index contributed by atoms with van der Waals surface area (Å²) >= 11 is 11.9. The third kappa shape index (κ3) is 5.26. The van der Waals surface area contributed by atoms with Gasteiger partial charge < -0.3 is 4.74 Å². The highest BCUT2D eigenvalue weighted by atomic mass is 35.5. The number of benzene rings is 1. The van der Waals surface area contributed by atoms with Crippen molar-refractivity contribution < 1.29 is 4.74 Å². The lowest BCUT2D eigenvalue weighted by Gasteiger charge is -2.10. The molecule has 0 saturated heterocycles. The Bertz CT molecular complexity index is 684. The molecule has 23 heavy (non-hydrogen) atoms. The lowest BCUT2D eigenvalue weighted by atomic mass is 10.2. The number of ether oxygens (including phenoxy) is 1. The fourth-order valence-corrected chi connectivity index (χ4v) is 2.47. The van der Waals surface area contributed by atoms with Crippen LogP contribution in [0, 0.1) is 0 Å². The molecule has 2 aromatic rings. The van der Waals surface area contributed by atoms with E-state index in [2.05, 4.69) is 12.0 Å². The van der Waals surface area contributed by atoms with Crippen molar-refractivity contribution in [2.75, 3.05) is 0 Å². The van der Waals surface area contributed by atoms with Gasteiger partial charge in [-0.05, 0) is 24.1 Å². The van der Waals surface area contributed by atoms with Crippen LogP contribution in [0.1, 0.15) is 38.2 Å². The maximum Gasteiger partial charge on any atom is 0.289 e. The Morgan fingerprint density at radius 2 is 1.87 bits per heavy atom. The predicted octanol–water partition coefficient (Wildman–Crippen LogP) is 4.71. The van der Waals surface area contributed by atoms with E-state index in [0.717, 1.165) is 31.2 Å². The van der Waals surface area contributed by atoms with E-state index in [1.807, 2.05) is 12.1 Å². The van der Waals surface area contributed by atoms with Crippen molar-refractivity contribution in [2.24, 2.45) is 0 Å². The summed E-state index contributed by atoms with van der Waals surface area (Å²) in [7, 11) is 0. The van der Waals surface area contributed by atoms with E-state index in [1.54, 1.807) is 12.1 Å². The first-order chi connectivity index (χ1) is 11.1. The van der Waals surface area contributed by atoms with Gasteiger partial charge in [0.1, 0.15) is 6.61 Å². The molecule has 0 bridgehead atoms. The minimum absolute atomic E-state index is 0.0736. The molecule has 0 saturated carbocycles. The number of nitrogens with zero attached hydrogens (tertiary/aromatic N) is 2. The van der Waals surface area contributed by atoms with Crippen molar-refractivity contribution in [1.82, 2.24) is 9.78 Å². The van der Waals surface area contributed by atoms with Crippen LogP contribution in [-0.2, 0) is 13.2 Å². The summed E-state index contributed by atoms with van der Waals surface area (Å²) in [5.74, 6) is 0.302. The fraction of sp³-hybridized carbons (Fsp3) is 0.412. The Hall–Kier alpha value is -1.52. The number of unbranched alkanes of at least 4 members (excludes halogenated alkanes) is 3. The third-order valence-corrected chi connectivity index (χ3v) is 4.08. The molecule has 124 valence electrons. The largest absolute Gasteiger partial charge is 0.485 e. The highest BCUT2D eigenvalue weighted by Crippen LogP contribution is 2.20. The Kier molecular flexibility index (Phi) is 6.93. The van der Waals surface area contributed by atoms with Crippen LogP contribution in [0.5, 0.6) is 5.75 Å². The molecule has 0 unspecified atom stereocenters. The van der Waals surface area contributed by atoms with Crippen LogP contribution in [0.15, 0.2) is 35.3 Å². The molecule has 0 fully saturated rings. The van der Waals surface area contributed by atoms with E-state index >= 15 is 0 Å². The van der Waals surface area contributed by atoms with Crippen LogP contribution >= 0.6 is 23.2 Å². The Morgan fingerprint density at radius 3 is 2.57 bits per heavy atom. The quantitative estimate of drug-likeness (QED) is 0.644. The van der Waals surface area contributed by atoms with E-state index in [9.17, 15) is 4.79 Å². The van der Waals surface area contributed by atoms with E-state index in [0.29, 0.717) is 23.9 Å². The second-order valence-electron chi connectivity index (χ2n) is 5.33. The van der Waals surface area contributed by atoms with Crippen molar-refractivity contribution in [1.29, 1.82) is 0 Å². The zero-order valence-corrected chi connectivity index (χ0v) is 14.6. The molecule has 1 aromatic heterocycles. The highest BCUT2D eigenvalue weighted by Gasteiger charge is 2.10. The number of rotatable bonds is 8. The lowest BCUT2D eigenvalue weighted by Crippen LogP contribution is -2.23. The summed E-state index contributed by atoms with van der Waals surface area (Å²) in [5, 5.41) is 4.88. The first-order valence-electron chi connectivity index (χ1n) is 7.74. The molecule has 0 N–H and O–H groups in total. The molecule has 0 spiro atoms. The van der Waals surface area contributed by atoms with Crippen molar-refractivity contribution in [3.63, 3.8) is 0 Å². The second kappa shape index (κ2) is 8.94. The monoisotopic (exact) mass is 354 g/mol. The summed E-state index contributed by atoms with van der Waals surface area (Å²) in [4.78, 5) is 12.2. The molecule has 0 aliphatic rings. The standard InChI is InChI=1S/C17H20Cl2N2O2/c1-2-3-4-5-10-21-17(22)16(19)15(11-20-21)23-12-13-6-8-14(18)9-7-13/h6-9,11H,2-5,10,12H2,1H3. The molecule has 0 amide bonds. The first-order valence-corrected chi connectivity index (χ1v) is 8.50. The molecule has 1 heterocycles. The van der Waals surface area contributed by atoms with Gasteiger partial charge in [-0.2, -0.15) is 5.10 Å². The minimum atomic E-state index is -0.309. The average Bonchev–Trinajstić information content (AvgIpc) is 2.56. The summed E-state index contributed by atoms with van der Waals surface area (Å²) in [6.07, 6.45) is 5.81. The highest BCUT2D eigenvalue weighted by molar-refractivity contribution is 6.31. The second-order valence-corrected chi connectivity index (χ2v) is 6.14. The van der Waals surface area contributed by atoms with Crippen molar-refractivity contribution in [3.8, 4) is 5.75 Å². The molecule has 0 radical (unpaired) electrons. The molecule has 0 aliphatic carbocycles. The summed E-state index contributed by atoms with van der Waals surface area (Å²) < 4.78 is 6.99. The molecule has 2 rings (SSSR count). The van der Waals surface area contributed by atoms with E-state index in [-0.39, 0.29) is 10.6 Å². The normalized spacial score (nSPS) is 10.7. The third-order valence-electron chi connectivity index (χ3n) is 3.48. The Balaban J connectivity index is 1.99. The molecule has 0 aliphatic heterocycles. The topological polar surface area (TPSA) is 44.1 Å². The predicted molar refractivity (Wildman–Crippen MR) is 93.4 cm³/mol. The molecular weight excluding hydrogens is 335 g/mol. The van der Waals surface area contributed by atoms with Gasteiger partial charge in [0, 0.05) is 11.6 Å². The van der Waals surface area contributed by atoms with E-state index < -0.39 is 0 Å². The fourth-order valence-electron chi connectivity index (χ4n) is 2.14. The lowest BCUT2D eigenvalue weighted by molar-refractivity contribution is 0.302. The zero-order valence-electron chi connectivity index (χ0n) is 13.1. The van der Waals surface area contributed by atoms with Gasteiger partial charge in [0.15, 0.2) is 10.8 Å². The summed E-state index contributed by atoms with van der Waals surface area (Å²) in [6.45, 7) is 3.03. The van der Waals surface area contributed by atoms with Gasteiger partial charge in [0.25, 0.3) is 5.56 Å². The van der Waals surface area contributed by atoms with Crippen LogP contribution in [0.4, 0.5) is 0 Å². The molecule has 4 nitrogen and oxygen atoms in total. The van der Waals surface area contributed by atoms with Crippen molar-refractivity contribution >= 4 is 23.2 Å². The van der Waals surface area contributed by atoms with Crippen LogP contribution < -0.4 is 10.3 Å². The van der Waals surface area contributed by atoms with Crippen LogP contribution in [-0.4, -0.2) is 9.78 Å². The number of hydrogen-bond donors (Lipinski definition) is 0.